The Balaban J connectivity index is 1.60. The van der Waals surface area contributed by atoms with E-state index in [0.29, 0.717) is 18.2 Å². The monoisotopic (exact) mass is 477 g/mol. The normalized spacial score (nSPS) is 11.6. The van der Waals surface area contributed by atoms with Crippen molar-refractivity contribution in [2.75, 3.05) is 0 Å². The van der Waals surface area contributed by atoms with Crippen molar-refractivity contribution in [1.82, 2.24) is 4.90 Å². The van der Waals surface area contributed by atoms with Crippen LogP contribution in [0.4, 0.5) is 0 Å². The average Bonchev–Trinajstić information content (AvgIpc) is 3.52. The fourth-order valence-electron chi connectivity index (χ4n) is 3.59. The van der Waals surface area contributed by atoms with Crippen molar-refractivity contribution in [2.24, 2.45) is 0 Å². The standard InChI is InChI=1S/C27H27NO5S/c1-19(2)22-10-8-21(9-11-22)17-28(18-23-5-4-16-32-23)27(29)25-14-15-26(33-25)34(30,31)24-12-6-20(3)7-13-24/h4-16,19H,17-18H2,1-3H3. The second-order valence-corrected chi connectivity index (χ2v) is 10.5. The van der Waals surface area contributed by atoms with Crippen LogP contribution in [0.5, 0.6) is 0 Å². The van der Waals surface area contributed by atoms with Gasteiger partial charge in [0.05, 0.1) is 17.7 Å². The predicted octanol–water partition coefficient (Wildman–Crippen LogP) is 5.98. The Morgan fingerprint density at radius 1 is 0.912 bits per heavy atom. The van der Waals surface area contributed by atoms with Crippen molar-refractivity contribution >= 4 is 15.7 Å². The number of nitrogens with zero attached hydrogens (tertiary/aromatic N) is 1. The lowest BCUT2D eigenvalue weighted by atomic mass is 10.0. The molecule has 4 aromatic rings. The van der Waals surface area contributed by atoms with E-state index in [2.05, 4.69) is 26.0 Å². The molecule has 1 amide bonds. The molecular weight excluding hydrogens is 450 g/mol. The lowest BCUT2D eigenvalue weighted by Crippen LogP contribution is -2.29. The molecule has 0 saturated heterocycles. The number of sulfone groups is 1. The molecule has 34 heavy (non-hydrogen) atoms. The average molecular weight is 478 g/mol. The van der Waals surface area contributed by atoms with Crippen molar-refractivity contribution < 1.29 is 22.0 Å². The van der Waals surface area contributed by atoms with Gasteiger partial charge in [-0.2, -0.15) is 0 Å². The van der Waals surface area contributed by atoms with Crippen molar-refractivity contribution in [3.63, 3.8) is 0 Å². The van der Waals surface area contributed by atoms with E-state index in [-0.39, 0.29) is 22.3 Å². The van der Waals surface area contributed by atoms with E-state index in [1.807, 2.05) is 19.1 Å². The van der Waals surface area contributed by atoms with Gasteiger partial charge >= 0.3 is 0 Å². The highest BCUT2D eigenvalue weighted by atomic mass is 32.2. The van der Waals surface area contributed by atoms with Gasteiger partial charge in [-0.05, 0) is 60.4 Å². The smallest absolute Gasteiger partial charge is 0.290 e. The fraction of sp³-hybridized carbons (Fsp3) is 0.222. The minimum absolute atomic E-state index is 0.0453. The molecular formula is C27H27NO5S. The topological polar surface area (TPSA) is 80.7 Å². The van der Waals surface area contributed by atoms with Gasteiger partial charge in [-0.1, -0.05) is 55.8 Å². The van der Waals surface area contributed by atoms with Gasteiger partial charge in [0.1, 0.15) is 5.76 Å². The number of carbonyl (C=O) groups excluding carboxylic acids is 1. The summed E-state index contributed by atoms with van der Waals surface area (Å²) in [6.07, 6.45) is 1.55. The number of amides is 1. The molecule has 0 unspecified atom stereocenters. The number of aryl methyl sites for hydroxylation is 1. The molecule has 0 saturated carbocycles. The van der Waals surface area contributed by atoms with Gasteiger partial charge < -0.3 is 13.7 Å². The van der Waals surface area contributed by atoms with E-state index in [1.54, 1.807) is 35.4 Å². The van der Waals surface area contributed by atoms with Gasteiger partial charge in [0, 0.05) is 6.54 Å². The maximum Gasteiger partial charge on any atom is 0.290 e. The van der Waals surface area contributed by atoms with Gasteiger partial charge in [0.15, 0.2) is 5.76 Å². The van der Waals surface area contributed by atoms with Crippen molar-refractivity contribution in [3.8, 4) is 0 Å². The van der Waals surface area contributed by atoms with Crippen LogP contribution >= 0.6 is 0 Å². The molecule has 0 atom stereocenters. The van der Waals surface area contributed by atoms with E-state index < -0.39 is 15.7 Å². The fourth-order valence-corrected chi connectivity index (χ4v) is 4.76. The van der Waals surface area contributed by atoms with Crippen LogP contribution in [0.25, 0.3) is 0 Å². The minimum atomic E-state index is -3.87. The van der Waals surface area contributed by atoms with Gasteiger partial charge in [-0.3, -0.25) is 4.79 Å². The van der Waals surface area contributed by atoms with E-state index in [0.717, 1.165) is 11.1 Å². The first kappa shape index (κ1) is 23.6. The summed E-state index contributed by atoms with van der Waals surface area (Å²) in [6.45, 7) is 6.67. The number of benzene rings is 2. The third-order valence-corrected chi connectivity index (χ3v) is 7.26. The zero-order valence-electron chi connectivity index (χ0n) is 19.4. The van der Waals surface area contributed by atoms with Crippen LogP contribution in [0, 0.1) is 6.92 Å². The summed E-state index contributed by atoms with van der Waals surface area (Å²) < 4.78 is 36.9. The molecule has 2 aromatic heterocycles. The molecule has 0 aliphatic rings. The third kappa shape index (κ3) is 5.15. The number of carbonyl (C=O) groups is 1. The Morgan fingerprint density at radius 2 is 1.62 bits per heavy atom. The molecule has 4 rings (SSSR count). The van der Waals surface area contributed by atoms with Gasteiger partial charge in [-0.15, -0.1) is 0 Å². The summed E-state index contributed by atoms with van der Waals surface area (Å²) in [5.74, 6) is 0.559. The highest BCUT2D eigenvalue weighted by Gasteiger charge is 2.26. The molecule has 0 N–H and O–H groups in total. The molecule has 0 aliphatic carbocycles. The highest BCUT2D eigenvalue weighted by molar-refractivity contribution is 7.91. The Hall–Kier alpha value is -3.58. The van der Waals surface area contributed by atoms with E-state index >= 15 is 0 Å². The van der Waals surface area contributed by atoms with Crippen LogP contribution in [0.2, 0.25) is 0 Å². The second kappa shape index (κ2) is 9.73. The number of furan rings is 2. The van der Waals surface area contributed by atoms with Gasteiger partial charge in [0.2, 0.25) is 14.9 Å². The Bertz CT molecular complexity index is 1350. The van der Waals surface area contributed by atoms with Crippen molar-refractivity contribution in [1.29, 1.82) is 0 Å². The van der Waals surface area contributed by atoms with Crippen molar-refractivity contribution in [3.05, 3.63) is 107 Å². The highest BCUT2D eigenvalue weighted by Crippen LogP contribution is 2.25. The summed E-state index contributed by atoms with van der Waals surface area (Å²) in [5.41, 5.74) is 3.11. The maximum atomic E-state index is 13.4. The number of rotatable bonds is 8. The lowest BCUT2D eigenvalue weighted by molar-refractivity contribution is 0.0679. The summed E-state index contributed by atoms with van der Waals surface area (Å²) in [6, 6.07) is 20.9. The zero-order chi connectivity index (χ0) is 24.3. The largest absolute Gasteiger partial charge is 0.467 e. The molecule has 6 nitrogen and oxygen atoms in total. The van der Waals surface area contributed by atoms with Gasteiger partial charge in [0.25, 0.3) is 5.91 Å². The zero-order valence-corrected chi connectivity index (χ0v) is 20.2. The van der Waals surface area contributed by atoms with E-state index in [1.165, 1.54) is 29.8 Å². The predicted molar refractivity (Wildman–Crippen MR) is 128 cm³/mol. The number of hydrogen-bond donors (Lipinski definition) is 0. The lowest BCUT2D eigenvalue weighted by Gasteiger charge is -2.21. The Morgan fingerprint density at radius 3 is 2.24 bits per heavy atom. The SMILES string of the molecule is Cc1ccc(S(=O)(=O)c2ccc(C(=O)N(Cc3ccc(C(C)C)cc3)Cc3ccco3)o2)cc1. The maximum absolute atomic E-state index is 13.4. The van der Waals surface area contributed by atoms with E-state index in [9.17, 15) is 13.2 Å². The molecule has 0 bridgehead atoms. The minimum Gasteiger partial charge on any atom is -0.467 e. The second-order valence-electron chi connectivity index (χ2n) is 8.57. The van der Waals surface area contributed by atoms with Crippen LogP contribution in [-0.2, 0) is 22.9 Å². The molecule has 0 aliphatic heterocycles. The summed E-state index contributed by atoms with van der Waals surface area (Å²) in [5, 5.41) is -0.265. The molecule has 0 fully saturated rings. The van der Waals surface area contributed by atoms with Crippen LogP contribution in [0.3, 0.4) is 0 Å². The molecule has 2 heterocycles. The molecule has 2 aromatic carbocycles. The molecule has 7 heteroatoms. The molecule has 0 radical (unpaired) electrons. The van der Waals surface area contributed by atoms with Crippen LogP contribution in [-0.4, -0.2) is 19.2 Å². The Kier molecular flexibility index (Phi) is 6.75. The first-order chi connectivity index (χ1) is 16.2. The third-order valence-electron chi connectivity index (χ3n) is 5.62. The molecule has 0 spiro atoms. The first-order valence-electron chi connectivity index (χ1n) is 11.1. The van der Waals surface area contributed by atoms with E-state index in [4.69, 9.17) is 8.83 Å². The number of hydrogen-bond acceptors (Lipinski definition) is 5. The van der Waals surface area contributed by atoms with Crippen molar-refractivity contribution in [2.45, 2.75) is 49.8 Å². The summed E-state index contributed by atoms with van der Waals surface area (Å²) in [4.78, 5) is 15.1. The summed E-state index contributed by atoms with van der Waals surface area (Å²) in [7, 11) is -3.87. The van der Waals surface area contributed by atoms with Crippen LogP contribution in [0.1, 0.15) is 52.8 Å². The quantitative estimate of drug-likeness (QED) is 0.312. The summed E-state index contributed by atoms with van der Waals surface area (Å²) >= 11 is 0. The van der Waals surface area contributed by atoms with Crippen LogP contribution < -0.4 is 0 Å². The van der Waals surface area contributed by atoms with Gasteiger partial charge in [-0.25, -0.2) is 8.42 Å². The van der Waals surface area contributed by atoms with Crippen LogP contribution in [0.15, 0.2) is 97.9 Å². The molecule has 176 valence electrons. The Labute approximate surface area is 199 Å². The first-order valence-corrected chi connectivity index (χ1v) is 12.5.